The van der Waals surface area contributed by atoms with Crippen molar-refractivity contribution in [1.29, 1.82) is 0 Å². The van der Waals surface area contributed by atoms with E-state index in [1.165, 1.54) is 24.3 Å². The fourth-order valence-electron chi connectivity index (χ4n) is 9.88. The zero-order valence-electron chi connectivity index (χ0n) is 56.4. The average Bonchev–Trinajstić information content (AvgIpc) is 0.853. The molecular weight excluding hydrogens is 1110 g/mol. The minimum Gasteiger partial charge on any atom is -0.507 e. The number of para-hydroxylation sites is 1. The van der Waals surface area contributed by atoms with Gasteiger partial charge < -0.3 is 5.11 Å². The van der Waals surface area contributed by atoms with Crippen LogP contribution in [-0.2, 0) is 42.7 Å². The largest absolute Gasteiger partial charge is 0.507 e. The van der Waals surface area contributed by atoms with Crippen LogP contribution in [0, 0.1) is 12.9 Å². The molecule has 0 saturated carbocycles. The quantitative estimate of drug-likeness (QED) is 0.154. The van der Waals surface area contributed by atoms with Crippen LogP contribution in [-0.4, -0.2) is 19.6 Å². The molecule has 0 aliphatic carbocycles. The van der Waals surface area contributed by atoms with Crippen LogP contribution in [0.3, 0.4) is 0 Å². The zero-order chi connectivity index (χ0) is 63.2. The van der Waals surface area contributed by atoms with Crippen molar-refractivity contribution in [3.8, 4) is 89.7 Å². The molecular formula is C71H70N3OPt-. The van der Waals surface area contributed by atoms with Crippen LogP contribution in [0.5, 0.6) is 5.75 Å². The molecule has 76 heavy (non-hydrogen) atoms. The van der Waals surface area contributed by atoms with Gasteiger partial charge in [-0.15, -0.1) is 23.8 Å². The van der Waals surface area contributed by atoms with Gasteiger partial charge in [0.15, 0.2) is 0 Å². The molecule has 0 spiro atoms. The van der Waals surface area contributed by atoms with Gasteiger partial charge in [0.05, 0.1) is 22.3 Å². The summed E-state index contributed by atoms with van der Waals surface area (Å²) in [5.41, 5.74) is 8.86. The number of benzene rings is 8. The van der Waals surface area contributed by atoms with Crippen LogP contribution >= 0.6 is 0 Å². The third-order valence-electron chi connectivity index (χ3n) is 14.2. The van der Waals surface area contributed by atoms with Gasteiger partial charge in [-0.2, -0.15) is 0 Å². The number of rotatable bonds is 8. The number of pyridine rings is 1. The van der Waals surface area contributed by atoms with Gasteiger partial charge in [-0.25, -0.2) is 4.98 Å². The minimum atomic E-state index is -3.41. The summed E-state index contributed by atoms with van der Waals surface area (Å²) in [5.74, 6) is 0.493. The molecule has 0 aliphatic rings. The van der Waals surface area contributed by atoms with Gasteiger partial charge in [-0.3, -0.25) is 9.55 Å². The molecule has 8 aromatic carbocycles. The summed E-state index contributed by atoms with van der Waals surface area (Å²) in [6, 6.07) is 58.4. The third kappa shape index (κ3) is 10.7. The van der Waals surface area contributed by atoms with E-state index in [9.17, 15) is 5.11 Å². The van der Waals surface area contributed by atoms with Crippen molar-refractivity contribution in [2.75, 3.05) is 0 Å². The molecule has 5 heteroatoms. The maximum absolute atomic E-state index is 12.9. The Morgan fingerprint density at radius 1 is 0.474 bits per heavy atom. The first-order chi connectivity index (χ1) is 40.5. The Morgan fingerprint density at radius 3 is 1.68 bits per heavy atom. The molecule has 10 rings (SSSR count). The number of phenolic OH excluding ortho intramolecular Hbond substituents is 1. The summed E-state index contributed by atoms with van der Waals surface area (Å²) in [6.45, 7) is 6.34. The van der Waals surface area contributed by atoms with Crippen LogP contribution in [0.4, 0.5) is 0 Å². The van der Waals surface area contributed by atoms with Crippen LogP contribution in [0.2, 0.25) is 0 Å². The number of phenols is 1. The summed E-state index contributed by atoms with van der Waals surface area (Å²) in [7, 11) is 0. The van der Waals surface area contributed by atoms with E-state index in [0.29, 0.717) is 78.3 Å². The van der Waals surface area contributed by atoms with Gasteiger partial charge in [0.1, 0.15) is 11.6 Å². The van der Waals surface area contributed by atoms with Crippen molar-refractivity contribution in [3.63, 3.8) is 0 Å². The van der Waals surface area contributed by atoms with Crippen LogP contribution < -0.4 is 0 Å². The molecule has 2 aromatic heterocycles. The molecule has 0 radical (unpaired) electrons. The molecule has 0 unspecified atom stereocenters. The summed E-state index contributed by atoms with van der Waals surface area (Å²) >= 11 is 0. The van der Waals surface area contributed by atoms with Gasteiger partial charge in [0.2, 0.25) is 0 Å². The Balaban J connectivity index is 0.00000922. The number of aryl methyl sites for hydroxylation is 1. The normalized spacial score (nSPS) is 15.2. The van der Waals surface area contributed by atoms with Crippen LogP contribution in [0.1, 0.15) is 127 Å². The minimum absolute atomic E-state index is 0. The zero-order valence-corrected chi connectivity index (χ0v) is 46.7. The number of imidazole rings is 1. The first-order valence-corrected chi connectivity index (χ1v) is 25.4. The van der Waals surface area contributed by atoms with Crippen LogP contribution in [0.25, 0.3) is 95.0 Å². The molecule has 0 saturated heterocycles. The van der Waals surface area contributed by atoms with Crippen molar-refractivity contribution in [1.82, 2.24) is 14.5 Å². The average molecular weight is 1190 g/mol. The van der Waals surface area contributed by atoms with Crippen LogP contribution in [0.15, 0.2) is 182 Å². The maximum Gasteiger partial charge on any atom is 0.148 e. The number of nitrogens with zero attached hydrogens (tertiary/aromatic N) is 3. The predicted molar refractivity (Wildman–Crippen MR) is 317 cm³/mol. The van der Waals surface area contributed by atoms with E-state index in [1.54, 1.807) is 18.3 Å². The van der Waals surface area contributed by atoms with E-state index in [-0.39, 0.29) is 48.8 Å². The predicted octanol–water partition coefficient (Wildman–Crippen LogP) is 19.1. The van der Waals surface area contributed by atoms with E-state index in [1.807, 2.05) is 115 Å². The first kappa shape index (κ1) is 40.2. The fraction of sp³-hybridized carbons (Fsp3) is 0.239. The van der Waals surface area contributed by atoms with E-state index in [2.05, 4.69) is 97.2 Å². The van der Waals surface area contributed by atoms with E-state index in [4.69, 9.17) is 26.4 Å². The molecule has 1 N–H and O–H groups in total. The SMILES string of the molecule is [2H]C([2H])([2H])c1cc(-c2ccc(C(C)(C)C)cc2)c(-n2c(-c3cc(C(C)(C)C)cc(C(C)(C)C)c3O)nc3c(-c4[c-]c(-c5cc(-c6ccc(C(C([2H])([2H])[2H])(C([2H])([2H])[2H])C([2H])([2H])[2H])cc6)ccn5)cc(-c5ccccc5)c4)cccc32)cc1-c1ccccc1.[Pt]. The summed E-state index contributed by atoms with van der Waals surface area (Å²) < 4.78 is 104. The second-order valence-electron chi connectivity index (χ2n) is 22.8. The van der Waals surface area contributed by atoms with Gasteiger partial charge in [-0.1, -0.05) is 233 Å². The Kier molecular flexibility index (Phi) is 10.8. The van der Waals surface area contributed by atoms with Crippen molar-refractivity contribution in [2.24, 2.45) is 0 Å². The third-order valence-corrected chi connectivity index (χ3v) is 14.2. The summed E-state index contributed by atoms with van der Waals surface area (Å²) in [4.78, 5) is 10.5. The molecule has 386 valence electrons. The number of hydrogen-bond acceptors (Lipinski definition) is 3. The molecule has 2 heterocycles. The first-order valence-electron chi connectivity index (χ1n) is 31.4. The monoisotopic (exact) mass is 1190 g/mol. The Labute approximate surface area is 483 Å². The molecule has 0 fully saturated rings. The van der Waals surface area contributed by atoms with Crippen molar-refractivity contribution in [3.05, 3.63) is 216 Å². The Bertz CT molecular complexity index is 4170. The van der Waals surface area contributed by atoms with Gasteiger partial charge in [0.25, 0.3) is 0 Å². The number of fused-ring (bicyclic) bond motifs is 1. The van der Waals surface area contributed by atoms with Gasteiger partial charge >= 0.3 is 0 Å². The maximum atomic E-state index is 12.9. The standard InChI is InChI=1S/C71H70N3O.Pt/c1-45-37-59(49-29-33-55(34-30-49)69(5,6)7)64(44-58(45)48-23-18-15-19-24-48)74-63-26-20-25-57(65(63)73-67(74)60-42-56(70(8,9)10)43-61(66(60)75)71(11,12)13)52-38-51(46-21-16-14-17-22-46)39-53(40-52)62-41-50(35-36-72-62)47-27-31-54(32-28-47)68(2,3)4;/h14-39,41-44,75H,1-13H3;/q-1;/i1D3,2D3,3D3,4D3;. The molecule has 0 aliphatic heterocycles. The van der Waals surface area contributed by atoms with E-state index in [0.717, 1.165) is 33.4 Å². The van der Waals surface area contributed by atoms with Crippen molar-refractivity contribution < 1.29 is 42.6 Å². The Hall–Kier alpha value is -7.13. The molecule has 0 bridgehead atoms. The summed E-state index contributed by atoms with van der Waals surface area (Å²) in [6.07, 6.45) is 1.63. The second-order valence-corrected chi connectivity index (χ2v) is 22.8. The van der Waals surface area contributed by atoms with E-state index >= 15 is 0 Å². The number of aromatic hydroxyl groups is 1. The van der Waals surface area contributed by atoms with Crippen molar-refractivity contribution in [2.45, 2.75) is 111 Å². The Morgan fingerprint density at radius 2 is 1.07 bits per heavy atom. The molecule has 0 amide bonds. The number of aromatic nitrogens is 3. The molecule has 10 aromatic rings. The van der Waals surface area contributed by atoms with E-state index < -0.39 is 38.2 Å². The second kappa shape index (κ2) is 20.4. The molecule has 4 nitrogen and oxygen atoms in total. The number of hydrogen-bond donors (Lipinski definition) is 1. The topological polar surface area (TPSA) is 50.9 Å². The van der Waals surface area contributed by atoms with Gasteiger partial charge in [-0.05, 0) is 114 Å². The molecule has 0 atom stereocenters. The summed E-state index contributed by atoms with van der Waals surface area (Å²) in [5, 5.41) is 12.9. The van der Waals surface area contributed by atoms with Crippen molar-refractivity contribution >= 4 is 11.0 Å². The smallest absolute Gasteiger partial charge is 0.148 e. The van der Waals surface area contributed by atoms with Gasteiger partial charge in [0, 0.05) is 60.5 Å². The fourth-order valence-corrected chi connectivity index (χ4v) is 9.88.